The largest absolute Gasteiger partial charge is 0.455 e. The Kier molecular flexibility index (Phi) is 5.64. The van der Waals surface area contributed by atoms with Gasteiger partial charge in [-0.25, -0.2) is 15.0 Å². The number of fused-ring (bicyclic) bond motifs is 6. The summed E-state index contributed by atoms with van der Waals surface area (Å²) in [6.07, 6.45) is 0. The van der Waals surface area contributed by atoms with Gasteiger partial charge in [0.25, 0.3) is 0 Å². The van der Waals surface area contributed by atoms with Crippen molar-refractivity contribution in [3.8, 4) is 45.3 Å². The van der Waals surface area contributed by atoms with Crippen LogP contribution in [-0.2, 0) is 0 Å². The van der Waals surface area contributed by atoms with Gasteiger partial charge in [0.2, 0.25) is 0 Å². The number of thiophene rings is 1. The van der Waals surface area contributed by atoms with Crippen LogP contribution in [0.15, 0.2) is 144 Å². The van der Waals surface area contributed by atoms with E-state index in [1.807, 2.05) is 84.1 Å². The molecular formula is C39H23N3OS. The summed E-state index contributed by atoms with van der Waals surface area (Å²) in [6, 6.07) is 48.1. The number of hydrogen-bond donors (Lipinski definition) is 0. The van der Waals surface area contributed by atoms with Crippen molar-refractivity contribution in [2.24, 2.45) is 0 Å². The fourth-order valence-corrected chi connectivity index (χ4v) is 7.08. The number of benzene rings is 6. The zero-order valence-corrected chi connectivity index (χ0v) is 24.3. The highest BCUT2D eigenvalue weighted by Crippen LogP contribution is 2.39. The molecule has 0 radical (unpaired) electrons. The van der Waals surface area contributed by atoms with Crippen molar-refractivity contribution in [1.29, 1.82) is 0 Å². The first-order chi connectivity index (χ1) is 21.8. The standard InChI is InChI=1S/C39H23N3OS/c1-3-10-24(11-4-1)37-40-38(25-12-5-2-6-13-25)42-39(41-37)31-16-9-15-30-28-20-18-27(23-33(28)43-36(30)31)26-19-21-35-32(22-26)29-14-7-8-17-34(29)44-35/h1-23H. The number of para-hydroxylation sites is 1. The summed E-state index contributed by atoms with van der Waals surface area (Å²) in [4.78, 5) is 14.8. The van der Waals surface area contributed by atoms with E-state index in [2.05, 4.69) is 66.7 Å². The van der Waals surface area contributed by atoms with Gasteiger partial charge in [-0.1, -0.05) is 103 Å². The maximum Gasteiger partial charge on any atom is 0.167 e. The quantitative estimate of drug-likeness (QED) is 0.207. The van der Waals surface area contributed by atoms with E-state index in [1.54, 1.807) is 0 Å². The SMILES string of the molecule is c1ccc(-c2nc(-c3ccccc3)nc(-c3cccc4c3oc3cc(-c5ccc6sc7ccccc7c6c5)ccc34)n2)cc1. The molecule has 0 spiro atoms. The van der Waals surface area contributed by atoms with Gasteiger partial charge >= 0.3 is 0 Å². The molecule has 0 aliphatic carbocycles. The molecule has 0 atom stereocenters. The van der Waals surface area contributed by atoms with Gasteiger partial charge in [0, 0.05) is 42.1 Å². The van der Waals surface area contributed by atoms with Crippen LogP contribution in [0.3, 0.4) is 0 Å². The van der Waals surface area contributed by atoms with Gasteiger partial charge in [-0.3, -0.25) is 0 Å². The average Bonchev–Trinajstić information content (AvgIpc) is 3.66. The van der Waals surface area contributed by atoms with Crippen LogP contribution >= 0.6 is 11.3 Å². The summed E-state index contributed by atoms with van der Waals surface area (Å²) in [5.74, 6) is 1.83. The Morgan fingerprint density at radius 3 is 1.80 bits per heavy atom. The van der Waals surface area contributed by atoms with Crippen molar-refractivity contribution >= 4 is 53.4 Å². The predicted octanol–water partition coefficient (Wildman–Crippen LogP) is 10.8. The molecule has 44 heavy (non-hydrogen) atoms. The van der Waals surface area contributed by atoms with E-state index in [0.717, 1.165) is 44.2 Å². The van der Waals surface area contributed by atoms with Gasteiger partial charge in [-0.15, -0.1) is 11.3 Å². The maximum atomic E-state index is 6.64. The fraction of sp³-hybridized carbons (Fsp3) is 0. The van der Waals surface area contributed by atoms with Crippen LogP contribution in [0.25, 0.3) is 87.4 Å². The minimum Gasteiger partial charge on any atom is -0.455 e. The molecule has 5 heteroatoms. The normalized spacial score (nSPS) is 11.6. The first kappa shape index (κ1) is 24.9. The van der Waals surface area contributed by atoms with E-state index in [4.69, 9.17) is 19.4 Å². The summed E-state index contributed by atoms with van der Waals surface area (Å²) in [5, 5.41) is 4.68. The van der Waals surface area contributed by atoms with Crippen LogP contribution in [-0.4, -0.2) is 15.0 Å². The van der Waals surface area contributed by atoms with Crippen LogP contribution in [0.1, 0.15) is 0 Å². The molecule has 206 valence electrons. The van der Waals surface area contributed by atoms with Crippen molar-refractivity contribution in [1.82, 2.24) is 15.0 Å². The van der Waals surface area contributed by atoms with Gasteiger partial charge in [0.1, 0.15) is 11.2 Å². The first-order valence-electron chi connectivity index (χ1n) is 14.5. The minimum atomic E-state index is 0.581. The molecule has 0 N–H and O–H groups in total. The highest BCUT2D eigenvalue weighted by atomic mass is 32.1. The summed E-state index contributed by atoms with van der Waals surface area (Å²) >= 11 is 1.83. The molecule has 0 amide bonds. The molecule has 0 unspecified atom stereocenters. The van der Waals surface area contributed by atoms with Crippen LogP contribution in [0.2, 0.25) is 0 Å². The fourth-order valence-electron chi connectivity index (χ4n) is 5.99. The van der Waals surface area contributed by atoms with Crippen molar-refractivity contribution in [2.75, 3.05) is 0 Å². The van der Waals surface area contributed by atoms with Gasteiger partial charge in [0.15, 0.2) is 17.5 Å². The van der Waals surface area contributed by atoms with Gasteiger partial charge < -0.3 is 4.42 Å². The van der Waals surface area contributed by atoms with E-state index in [9.17, 15) is 0 Å². The third-order valence-electron chi connectivity index (χ3n) is 8.15. The molecule has 9 aromatic rings. The molecule has 0 bridgehead atoms. The summed E-state index contributed by atoms with van der Waals surface area (Å²) < 4.78 is 9.24. The highest BCUT2D eigenvalue weighted by Gasteiger charge is 2.18. The lowest BCUT2D eigenvalue weighted by molar-refractivity contribution is 0.669. The van der Waals surface area contributed by atoms with Crippen molar-refractivity contribution in [2.45, 2.75) is 0 Å². The third kappa shape index (κ3) is 4.09. The van der Waals surface area contributed by atoms with Crippen molar-refractivity contribution in [3.05, 3.63) is 140 Å². The Hall–Kier alpha value is -5.65. The van der Waals surface area contributed by atoms with E-state index in [0.29, 0.717) is 17.5 Å². The van der Waals surface area contributed by atoms with E-state index >= 15 is 0 Å². The smallest absolute Gasteiger partial charge is 0.167 e. The van der Waals surface area contributed by atoms with Crippen LogP contribution in [0.4, 0.5) is 0 Å². The lowest BCUT2D eigenvalue weighted by Gasteiger charge is -2.08. The Bertz CT molecular complexity index is 2440. The zero-order valence-electron chi connectivity index (χ0n) is 23.4. The lowest BCUT2D eigenvalue weighted by Crippen LogP contribution is -2.00. The molecule has 0 aliphatic heterocycles. The molecule has 0 saturated heterocycles. The lowest BCUT2D eigenvalue weighted by atomic mass is 10.0. The summed E-state index contributed by atoms with van der Waals surface area (Å²) in [5.41, 5.74) is 6.59. The molecule has 6 aromatic carbocycles. The van der Waals surface area contributed by atoms with Gasteiger partial charge in [0.05, 0.1) is 5.56 Å². The van der Waals surface area contributed by atoms with E-state index in [1.165, 1.54) is 25.7 Å². The second kappa shape index (κ2) is 9.97. The molecule has 0 saturated carbocycles. The zero-order chi connectivity index (χ0) is 29.0. The van der Waals surface area contributed by atoms with E-state index < -0.39 is 0 Å². The highest BCUT2D eigenvalue weighted by molar-refractivity contribution is 7.25. The topological polar surface area (TPSA) is 51.8 Å². The third-order valence-corrected chi connectivity index (χ3v) is 9.30. The molecule has 0 aliphatic rings. The summed E-state index contributed by atoms with van der Waals surface area (Å²) in [7, 11) is 0. The van der Waals surface area contributed by atoms with Gasteiger partial charge in [-0.05, 0) is 47.5 Å². The molecule has 3 aromatic heterocycles. The predicted molar refractivity (Wildman–Crippen MR) is 182 cm³/mol. The first-order valence-corrected chi connectivity index (χ1v) is 15.3. The van der Waals surface area contributed by atoms with E-state index in [-0.39, 0.29) is 0 Å². The molecule has 0 fully saturated rings. The monoisotopic (exact) mass is 581 g/mol. The van der Waals surface area contributed by atoms with Crippen LogP contribution < -0.4 is 0 Å². The number of rotatable bonds is 4. The van der Waals surface area contributed by atoms with Crippen molar-refractivity contribution < 1.29 is 4.42 Å². The number of aromatic nitrogens is 3. The second-order valence-corrected chi connectivity index (χ2v) is 11.9. The Balaban J connectivity index is 1.21. The van der Waals surface area contributed by atoms with Gasteiger partial charge in [-0.2, -0.15) is 0 Å². The minimum absolute atomic E-state index is 0.581. The maximum absolute atomic E-state index is 6.64. The molecule has 3 heterocycles. The molecular weight excluding hydrogens is 559 g/mol. The number of furan rings is 1. The van der Waals surface area contributed by atoms with Crippen LogP contribution in [0, 0.1) is 0 Å². The number of hydrogen-bond acceptors (Lipinski definition) is 5. The summed E-state index contributed by atoms with van der Waals surface area (Å²) in [6.45, 7) is 0. The Morgan fingerprint density at radius 2 is 1.02 bits per heavy atom. The molecule has 4 nitrogen and oxygen atoms in total. The number of nitrogens with zero attached hydrogens (tertiary/aromatic N) is 3. The average molecular weight is 582 g/mol. The van der Waals surface area contributed by atoms with Crippen LogP contribution in [0.5, 0.6) is 0 Å². The molecule has 9 rings (SSSR count). The second-order valence-electron chi connectivity index (χ2n) is 10.8. The van der Waals surface area contributed by atoms with Crippen molar-refractivity contribution in [3.63, 3.8) is 0 Å². The Labute approximate surface area is 256 Å². The Morgan fingerprint density at radius 1 is 0.409 bits per heavy atom.